The summed E-state index contributed by atoms with van der Waals surface area (Å²) in [5, 5.41) is 9.20. The van der Waals surface area contributed by atoms with Gasteiger partial charge in [0.05, 0.1) is 14.2 Å². The lowest BCUT2D eigenvalue weighted by molar-refractivity contribution is 0.171. The fraction of sp³-hybridized carbons (Fsp3) is 0.429. The lowest BCUT2D eigenvalue weighted by Gasteiger charge is -2.21. The topological polar surface area (TPSA) is 57.2 Å². The Kier molecular flexibility index (Phi) is 6.23. The number of hydrogen-bond donors (Lipinski definition) is 1. The molecule has 0 unspecified atom stereocenters. The van der Waals surface area contributed by atoms with Crippen LogP contribution in [-0.4, -0.2) is 39.1 Å². The first-order chi connectivity index (χ1) is 12.7. The second-order valence-electron chi connectivity index (χ2n) is 6.31. The van der Waals surface area contributed by atoms with Gasteiger partial charge < -0.3 is 24.1 Å². The lowest BCUT2D eigenvalue weighted by atomic mass is 9.96. The Bertz CT molecular complexity index is 719. The van der Waals surface area contributed by atoms with E-state index in [0.717, 1.165) is 54.2 Å². The summed E-state index contributed by atoms with van der Waals surface area (Å²) in [6, 6.07) is 10.1. The molecule has 1 N–H and O–H groups in total. The molecule has 1 heterocycles. The van der Waals surface area contributed by atoms with Crippen molar-refractivity contribution in [3.8, 4) is 23.0 Å². The van der Waals surface area contributed by atoms with E-state index < -0.39 is 0 Å². The van der Waals surface area contributed by atoms with Crippen molar-refractivity contribution in [1.29, 1.82) is 0 Å². The molecule has 5 heteroatoms. The third-order valence-electron chi connectivity index (χ3n) is 4.56. The van der Waals surface area contributed by atoms with Gasteiger partial charge >= 0.3 is 0 Å². The highest BCUT2D eigenvalue weighted by atomic mass is 16.6. The third-order valence-corrected chi connectivity index (χ3v) is 4.56. The molecular formula is C21H26O5. The average molecular weight is 358 g/mol. The van der Waals surface area contributed by atoms with Crippen molar-refractivity contribution in [2.45, 2.75) is 25.7 Å². The highest BCUT2D eigenvalue weighted by Crippen LogP contribution is 2.34. The van der Waals surface area contributed by atoms with Crippen LogP contribution < -0.4 is 18.9 Å². The highest BCUT2D eigenvalue weighted by Gasteiger charge is 2.16. The fourth-order valence-corrected chi connectivity index (χ4v) is 3.20. The van der Waals surface area contributed by atoms with Crippen molar-refractivity contribution in [1.82, 2.24) is 0 Å². The summed E-state index contributed by atoms with van der Waals surface area (Å²) in [6.45, 7) is 1.34. The summed E-state index contributed by atoms with van der Waals surface area (Å²) < 4.78 is 22.1. The van der Waals surface area contributed by atoms with Crippen LogP contribution in [0.4, 0.5) is 0 Å². The minimum atomic E-state index is 0.182. The maximum Gasteiger partial charge on any atom is 0.161 e. The molecule has 5 nitrogen and oxygen atoms in total. The molecule has 0 fully saturated rings. The molecular weight excluding hydrogens is 332 g/mol. The molecule has 0 radical (unpaired) electrons. The van der Waals surface area contributed by atoms with Crippen molar-refractivity contribution in [3.63, 3.8) is 0 Å². The van der Waals surface area contributed by atoms with Gasteiger partial charge in [-0.25, -0.2) is 0 Å². The summed E-state index contributed by atoms with van der Waals surface area (Å²) in [6.07, 6.45) is 3.29. The van der Waals surface area contributed by atoms with Gasteiger partial charge in [-0.1, -0.05) is 0 Å². The van der Waals surface area contributed by atoms with Crippen LogP contribution in [0.1, 0.15) is 23.1 Å². The van der Waals surface area contributed by atoms with Gasteiger partial charge in [0.1, 0.15) is 24.7 Å². The second-order valence-corrected chi connectivity index (χ2v) is 6.31. The predicted octanol–water partition coefficient (Wildman–Crippen LogP) is 3.19. The lowest BCUT2D eigenvalue weighted by Crippen LogP contribution is -2.16. The van der Waals surface area contributed by atoms with Crippen LogP contribution in [0.15, 0.2) is 30.3 Å². The number of aliphatic hydroxyl groups is 1. The molecule has 0 saturated heterocycles. The van der Waals surface area contributed by atoms with E-state index in [0.29, 0.717) is 13.2 Å². The number of benzene rings is 2. The van der Waals surface area contributed by atoms with E-state index in [-0.39, 0.29) is 6.61 Å². The van der Waals surface area contributed by atoms with Crippen LogP contribution in [0, 0.1) is 0 Å². The number of rotatable bonds is 8. The Morgan fingerprint density at radius 2 is 1.38 bits per heavy atom. The molecule has 0 amide bonds. The zero-order valence-electron chi connectivity index (χ0n) is 15.4. The molecule has 140 valence electrons. The summed E-state index contributed by atoms with van der Waals surface area (Å²) >= 11 is 0. The normalized spacial score (nSPS) is 12.7. The first-order valence-electron chi connectivity index (χ1n) is 8.97. The zero-order valence-corrected chi connectivity index (χ0v) is 15.4. The van der Waals surface area contributed by atoms with Crippen molar-refractivity contribution in [3.05, 3.63) is 47.0 Å². The van der Waals surface area contributed by atoms with E-state index in [2.05, 4.69) is 12.1 Å². The molecule has 0 spiro atoms. The number of ether oxygens (including phenoxy) is 4. The highest BCUT2D eigenvalue weighted by molar-refractivity contribution is 5.49. The van der Waals surface area contributed by atoms with Crippen molar-refractivity contribution in [2.75, 3.05) is 34.0 Å². The van der Waals surface area contributed by atoms with E-state index in [1.165, 1.54) is 11.1 Å². The molecule has 26 heavy (non-hydrogen) atoms. The SMILES string of the molecule is COc1cc(CCc2cc3c(cc2CCCO)OCCO3)cc(OC)c1. The van der Waals surface area contributed by atoms with Gasteiger partial charge in [-0.2, -0.15) is 0 Å². The van der Waals surface area contributed by atoms with Crippen molar-refractivity contribution < 1.29 is 24.1 Å². The molecule has 0 atom stereocenters. The van der Waals surface area contributed by atoms with Crippen LogP contribution in [0.5, 0.6) is 23.0 Å². The van der Waals surface area contributed by atoms with E-state index in [1.54, 1.807) is 14.2 Å². The molecule has 0 aromatic heterocycles. The standard InChI is InChI=1S/C21H26O5/c1-23-18-10-15(11-19(14-18)24-2)5-6-17-13-21-20(25-8-9-26-21)12-16(17)4-3-7-22/h10-14,22H,3-9H2,1-2H3. The quantitative estimate of drug-likeness (QED) is 0.785. The number of aryl methyl sites for hydroxylation is 3. The Labute approximate surface area is 154 Å². The van der Waals surface area contributed by atoms with Crippen LogP contribution in [0.2, 0.25) is 0 Å². The van der Waals surface area contributed by atoms with Gasteiger partial charge in [-0.3, -0.25) is 0 Å². The smallest absolute Gasteiger partial charge is 0.161 e. The van der Waals surface area contributed by atoms with Gasteiger partial charge in [-0.15, -0.1) is 0 Å². The number of aliphatic hydroxyl groups excluding tert-OH is 1. The summed E-state index contributed by atoms with van der Waals surface area (Å²) in [5.74, 6) is 3.20. The number of hydrogen-bond acceptors (Lipinski definition) is 5. The Morgan fingerprint density at radius 3 is 1.92 bits per heavy atom. The van der Waals surface area contributed by atoms with Gasteiger partial charge in [0, 0.05) is 12.7 Å². The van der Waals surface area contributed by atoms with Gasteiger partial charge in [0.25, 0.3) is 0 Å². The monoisotopic (exact) mass is 358 g/mol. The van der Waals surface area contributed by atoms with Crippen LogP contribution in [0.3, 0.4) is 0 Å². The zero-order chi connectivity index (χ0) is 18.4. The average Bonchev–Trinajstić information content (AvgIpc) is 2.69. The largest absolute Gasteiger partial charge is 0.497 e. The summed E-state index contributed by atoms with van der Waals surface area (Å²) in [7, 11) is 3.32. The van der Waals surface area contributed by atoms with E-state index >= 15 is 0 Å². The fourth-order valence-electron chi connectivity index (χ4n) is 3.20. The maximum atomic E-state index is 9.20. The summed E-state index contributed by atoms with van der Waals surface area (Å²) in [5.41, 5.74) is 3.59. The molecule has 1 aliphatic heterocycles. The van der Waals surface area contributed by atoms with E-state index in [4.69, 9.17) is 18.9 Å². The molecule has 0 aliphatic carbocycles. The van der Waals surface area contributed by atoms with Gasteiger partial charge in [-0.05, 0) is 66.6 Å². The molecule has 3 rings (SSSR count). The third kappa shape index (κ3) is 4.41. The minimum absolute atomic E-state index is 0.182. The van der Waals surface area contributed by atoms with E-state index in [9.17, 15) is 5.11 Å². The molecule has 0 saturated carbocycles. The van der Waals surface area contributed by atoms with E-state index in [1.807, 2.05) is 18.2 Å². The number of fused-ring (bicyclic) bond motifs is 1. The first kappa shape index (κ1) is 18.4. The van der Waals surface area contributed by atoms with Gasteiger partial charge in [0.2, 0.25) is 0 Å². The Balaban J connectivity index is 1.82. The minimum Gasteiger partial charge on any atom is -0.497 e. The Hall–Kier alpha value is -2.40. The van der Waals surface area contributed by atoms with Crippen LogP contribution in [-0.2, 0) is 19.3 Å². The maximum absolute atomic E-state index is 9.20. The van der Waals surface area contributed by atoms with Crippen molar-refractivity contribution >= 4 is 0 Å². The second kappa shape index (κ2) is 8.81. The molecule has 1 aliphatic rings. The molecule has 0 bridgehead atoms. The Morgan fingerprint density at radius 1 is 0.808 bits per heavy atom. The molecule has 2 aromatic carbocycles. The van der Waals surface area contributed by atoms with Crippen LogP contribution in [0.25, 0.3) is 0 Å². The van der Waals surface area contributed by atoms with Crippen molar-refractivity contribution in [2.24, 2.45) is 0 Å². The first-order valence-corrected chi connectivity index (χ1v) is 8.97. The molecule has 2 aromatic rings. The van der Waals surface area contributed by atoms with Crippen LogP contribution >= 0.6 is 0 Å². The van der Waals surface area contributed by atoms with Gasteiger partial charge in [0.15, 0.2) is 11.5 Å². The summed E-state index contributed by atoms with van der Waals surface area (Å²) in [4.78, 5) is 0. The predicted molar refractivity (Wildman–Crippen MR) is 99.8 cm³/mol. The number of methoxy groups -OCH3 is 2.